The Kier molecular flexibility index (Phi) is 2.61. The summed E-state index contributed by atoms with van der Waals surface area (Å²) in [6, 6.07) is 8.78. The quantitative estimate of drug-likeness (QED) is 0.690. The average molecular weight is 231 g/mol. The molecule has 6 nitrogen and oxygen atoms in total. The molecular formula is C11H9N3O3. The predicted octanol–water partition coefficient (Wildman–Crippen LogP) is 2.06. The van der Waals surface area contributed by atoms with Crippen LogP contribution in [0, 0.1) is 5.53 Å². The van der Waals surface area contributed by atoms with Gasteiger partial charge in [0.2, 0.25) is 0 Å². The maximum absolute atomic E-state index is 11.2. The van der Waals surface area contributed by atoms with Gasteiger partial charge in [0.05, 0.1) is 5.69 Å². The van der Waals surface area contributed by atoms with Crippen molar-refractivity contribution in [2.75, 3.05) is 0 Å². The number of nitrogens with zero attached hydrogens (tertiary/aromatic N) is 2. The normalized spacial score (nSPS) is 10.1. The molecule has 0 spiro atoms. The molecule has 0 unspecified atom stereocenters. The molecule has 1 heterocycles. The monoisotopic (exact) mass is 231 g/mol. The summed E-state index contributed by atoms with van der Waals surface area (Å²) in [5.74, 6) is -0.970. The molecule has 2 aromatic rings. The molecule has 2 rings (SSSR count). The molecule has 86 valence electrons. The molecular weight excluding hydrogens is 222 g/mol. The van der Waals surface area contributed by atoms with E-state index in [1.54, 1.807) is 12.1 Å². The maximum Gasteiger partial charge on any atom is 0.294 e. The molecule has 0 saturated carbocycles. The third-order valence-electron chi connectivity index (χ3n) is 2.29. The van der Waals surface area contributed by atoms with Crippen LogP contribution in [-0.2, 0) is 0 Å². The smallest absolute Gasteiger partial charge is 0.294 e. The number of carbonyl (C=O) groups is 1. The predicted molar refractivity (Wildman–Crippen MR) is 58.6 cm³/mol. The summed E-state index contributed by atoms with van der Waals surface area (Å²) in [6.07, 6.45) is 0. The van der Waals surface area contributed by atoms with E-state index in [-0.39, 0.29) is 17.3 Å². The Hall–Kier alpha value is -2.63. The van der Waals surface area contributed by atoms with Crippen molar-refractivity contribution in [3.05, 3.63) is 42.0 Å². The van der Waals surface area contributed by atoms with Gasteiger partial charge in [0.25, 0.3) is 5.91 Å². The number of aromatic hydroxyl groups is 2. The highest BCUT2D eigenvalue weighted by Crippen LogP contribution is 2.26. The van der Waals surface area contributed by atoms with Crippen molar-refractivity contribution < 1.29 is 15.0 Å². The van der Waals surface area contributed by atoms with Crippen LogP contribution in [0.25, 0.3) is 5.69 Å². The van der Waals surface area contributed by atoms with Crippen molar-refractivity contribution >= 4 is 5.91 Å². The minimum Gasteiger partial charge on any atom is -0.494 e. The second kappa shape index (κ2) is 4.09. The van der Waals surface area contributed by atoms with E-state index in [1.807, 2.05) is 0 Å². The van der Waals surface area contributed by atoms with E-state index in [9.17, 15) is 15.0 Å². The van der Waals surface area contributed by atoms with Gasteiger partial charge < -0.3 is 10.2 Å². The molecule has 0 aliphatic heterocycles. The van der Waals surface area contributed by atoms with Crippen LogP contribution in [0.4, 0.5) is 0 Å². The largest absolute Gasteiger partial charge is 0.494 e. The van der Waals surface area contributed by atoms with Crippen LogP contribution in [-0.4, -0.2) is 20.7 Å². The van der Waals surface area contributed by atoms with Gasteiger partial charge in [-0.05, 0) is 18.2 Å². The van der Waals surface area contributed by atoms with Crippen molar-refractivity contribution in [2.24, 2.45) is 5.11 Å². The number of carbonyl (C=O) groups excluding carboxylic acids is 1. The van der Waals surface area contributed by atoms with E-state index in [4.69, 9.17) is 5.53 Å². The zero-order chi connectivity index (χ0) is 12.4. The molecule has 1 aromatic carbocycles. The van der Waals surface area contributed by atoms with Crippen molar-refractivity contribution in [2.45, 2.75) is 0 Å². The molecule has 0 fully saturated rings. The van der Waals surface area contributed by atoms with E-state index in [1.165, 1.54) is 28.8 Å². The summed E-state index contributed by atoms with van der Waals surface area (Å²) >= 11 is 0. The molecule has 1 aromatic heterocycles. The third-order valence-corrected chi connectivity index (χ3v) is 2.29. The number of amides is 1. The van der Waals surface area contributed by atoms with Crippen molar-refractivity contribution in [3.8, 4) is 17.4 Å². The Labute approximate surface area is 96.3 Å². The van der Waals surface area contributed by atoms with E-state index < -0.39 is 5.91 Å². The molecule has 0 atom stereocenters. The Morgan fingerprint density at radius 3 is 2.41 bits per heavy atom. The first-order valence-corrected chi connectivity index (χ1v) is 4.75. The first-order valence-electron chi connectivity index (χ1n) is 4.75. The summed E-state index contributed by atoms with van der Waals surface area (Å²) < 4.78 is 1.17. The second-order valence-electron chi connectivity index (χ2n) is 3.35. The fourth-order valence-corrected chi connectivity index (χ4v) is 1.52. The minimum atomic E-state index is -0.682. The van der Waals surface area contributed by atoms with Crippen LogP contribution < -0.4 is 0 Å². The molecule has 0 bridgehead atoms. The van der Waals surface area contributed by atoms with Gasteiger partial charge in [0.1, 0.15) is 0 Å². The van der Waals surface area contributed by atoms with E-state index in [0.717, 1.165) is 0 Å². The SMILES string of the molecule is N=NC(=O)c1cccc(-n2c(O)ccc2O)c1. The van der Waals surface area contributed by atoms with Crippen molar-refractivity contribution in [1.82, 2.24) is 4.57 Å². The summed E-state index contributed by atoms with van der Waals surface area (Å²) in [5, 5.41) is 21.9. The Balaban J connectivity index is 2.54. The van der Waals surface area contributed by atoms with Gasteiger partial charge in [-0.1, -0.05) is 6.07 Å². The van der Waals surface area contributed by atoms with Crippen LogP contribution in [0.15, 0.2) is 41.5 Å². The van der Waals surface area contributed by atoms with Crippen LogP contribution in [0.1, 0.15) is 10.4 Å². The van der Waals surface area contributed by atoms with Crippen molar-refractivity contribution in [1.29, 1.82) is 5.53 Å². The summed E-state index contributed by atoms with van der Waals surface area (Å²) in [7, 11) is 0. The molecule has 0 saturated heterocycles. The number of hydrogen-bond acceptors (Lipinski definition) is 4. The minimum absolute atomic E-state index is 0.144. The average Bonchev–Trinajstić information content (AvgIpc) is 2.68. The first kappa shape index (κ1) is 10.9. The van der Waals surface area contributed by atoms with E-state index >= 15 is 0 Å². The lowest BCUT2D eigenvalue weighted by molar-refractivity contribution is 0.0991. The Bertz CT molecular complexity index is 570. The van der Waals surface area contributed by atoms with Gasteiger partial charge in [-0.25, -0.2) is 5.53 Å². The topological polar surface area (TPSA) is 98.7 Å². The standard InChI is InChI=1S/C11H9N3O3/c12-13-11(17)7-2-1-3-8(6-7)14-9(15)4-5-10(14)16/h1-6,12,15-16H. The van der Waals surface area contributed by atoms with Gasteiger partial charge in [-0.2, -0.15) is 0 Å². The summed E-state index contributed by atoms with van der Waals surface area (Å²) in [6.45, 7) is 0. The molecule has 3 N–H and O–H groups in total. The fraction of sp³-hybridized carbons (Fsp3) is 0. The lowest BCUT2D eigenvalue weighted by Gasteiger charge is -2.07. The molecule has 1 amide bonds. The Morgan fingerprint density at radius 2 is 1.82 bits per heavy atom. The molecule has 0 radical (unpaired) electrons. The summed E-state index contributed by atoms with van der Waals surface area (Å²) in [5.41, 5.74) is 7.27. The maximum atomic E-state index is 11.2. The van der Waals surface area contributed by atoms with Gasteiger partial charge in [0.15, 0.2) is 11.8 Å². The molecule has 6 heteroatoms. The van der Waals surface area contributed by atoms with Crippen LogP contribution in [0.3, 0.4) is 0 Å². The van der Waals surface area contributed by atoms with E-state index in [0.29, 0.717) is 5.69 Å². The summed E-state index contributed by atoms with van der Waals surface area (Å²) in [4.78, 5) is 11.2. The lowest BCUT2D eigenvalue weighted by Crippen LogP contribution is -1.97. The van der Waals surface area contributed by atoms with Crippen LogP contribution >= 0.6 is 0 Å². The number of hydrogen-bond donors (Lipinski definition) is 3. The highest BCUT2D eigenvalue weighted by Gasteiger charge is 2.10. The molecule has 17 heavy (non-hydrogen) atoms. The lowest BCUT2D eigenvalue weighted by atomic mass is 10.2. The van der Waals surface area contributed by atoms with Crippen LogP contribution in [0.5, 0.6) is 11.8 Å². The zero-order valence-electron chi connectivity index (χ0n) is 8.66. The van der Waals surface area contributed by atoms with E-state index in [2.05, 4.69) is 5.11 Å². The van der Waals surface area contributed by atoms with Crippen molar-refractivity contribution in [3.63, 3.8) is 0 Å². The van der Waals surface area contributed by atoms with Gasteiger partial charge in [-0.15, -0.1) is 5.11 Å². The fourth-order valence-electron chi connectivity index (χ4n) is 1.52. The molecule has 0 aliphatic rings. The number of rotatable bonds is 2. The Morgan fingerprint density at radius 1 is 1.18 bits per heavy atom. The number of nitrogens with one attached hydrogen (secondary N) is 1. The number of benzene rings is 1. The highest BCUT2D eigenvalue weighted by molar-refractivity contribution is 5.94. The second-order valence-corrected chi connectivity index (χ2v) is 3.35. The van der Waals surface area contributed by atoms with Gasteiger partial charge in [0, 0.05) is 17.7 Å². The zero-order valence-corrected chi connectivity index (χ0v) is 8.66. The molecule has 0 aliphatic carbocycles. The number of aromatic nitrogens is 1. The van der Waals surface area contributed by atoms with Gasteiger partial charge in [-0.3, -0.25) is 9.36 Å². The highest BCUT2D eigenvalue weighted by atomic mass is 16.3. The first-order chi connectivity index (χ1) is 8.13. The van der Waals surface area contributed by atoms with Crippen LogP contribution in [0.2, 0.25) is 0 Å². The third kappa shape index (κ3) is 1.87. The van der Waals surface area contributed by atoms with Gasteiger partial charge >= 0.3 is 0 Å².